The topological polar surface area (TPSA) is 38.3 Å². The Morgan fingerprint density at radius 3 is 2.52 bits per heavy atom. The molecule has 0 bridgehead atoms. The van der Waals surface area contributed by atoms with Crippen molar-refractivity contribution in [2.45, 2.75) is 25.4 Å². The SMILES string of the molecule is Cc1ccc(-c2ccc3c(c2)C2(CCNCC2)OC3=O)cc1F. The maximum Gasteiger partial charge on any atom is 0.339 e. The number of piperidine rings is 1. The molecule has 0 amide bonds. The fourth-order valence-electron chi connectivity index (χ4n) is 3.54. The molecular weight excluding hydrogens is 293 g/mol. The largest absolute Gasteiger partial charge is 0.450 e. The number of ether oxygens (including phenoxy) is 1. The molecule has 1 N–H and O–H groups in total. The molecule has 0 aromatic heterocycles. The van der Waals surface area contributed by atoms with Gasteiger partial charge in [0.15, 0.2) is 0 Å². The van der Waals surface area contributed by atoms with Crippen LogP contribution in [-0.2, 0) is 10.3 Å². The van der Waals surface area contributed by atoms with Crippen LogP contribution in [0.4, 0.5) is 4.39 Å². The molecule has 0 unspecified atom stereocenters. The second-order valence-corrected chi connectivity index (χ2v) is 6.36. The Hall–Kier alpha value is -2.20. The minimum atomic E-state index is -0.517. The van der Waals surface area contributed by atoms with Crippen molar-refractivity contribution in [2.24, 2.45) is 0 Å². The first-order valence-corrected chi connectivity index (χ1v) is 7.94. The van der Waals surface area contributed by atoms with Gasteiger partial charge in [-0.3, -0.25) is 0 Å². The van der Waals surface area contributed by atoms with E-state index in [1.54, 1.807) is 19.1 Å². The zero-order valence-electron chi connectivity index (χ0n) is 13.0. The minimum absolute atomic E-state index is 0.216. The normalized spacial score (nSPS) is 18.8. The number of nitrogens with one attached hydrogen (secondary N) is 1. The molecule has 4 rings (SSSR count). The second-order valence-electron chi connectivity index (χ2n) is 6.36. The van der Waals surface area contributed by atoms with E-state index in [-0.39, 0.29) is 11.8 Å². The first kappa shape index (κ1) is 14.4. The molecule has 0 aliphatic carbocycles. The van der Waals surface area contributed by atoms with Gasteiger partial charge in [0, 0.05) is 18.4 Å². The van der Waals surface area contributed by atoms with Crippen LogP contribution >= 0.6 is 0 Å². The van der Waals surface area contributed by atoms with Gasteiger partial charge >= 0.3 is 5.97 Å². The predicted molar refractivity (Wildman–Crippen MR) is 85.8 cm³/mol. The third-order valence-corrected chi connectivity index (χ3v) is 4.93. The van der Waals surface area contributed by atoms with Gasteiger partial charge in [0.05, 0.1) is 5.56 Å². The van der Waals surface area contributed by atoms with Gasteiger partial charge in [-0.25, -0.2) is 9.18 Å². The van der Waals surface area contributed by atoms with E-state index in [0.717, 1.165) is 42.6 Å². The standard InChI is InChI=1S/C19H18FNO2/c1-12-2-3-14(11-17(12)20)13-4-5-15-16(10-13)19(23-18(15)22)6-8-21-9-7-19/h2-5,10-11,21H,6-9H2,1H3. The van der Waals surface area contributed by atoms with Gasteiger partial charge in [-0.2, -0.15) is 0 Å². The number of halogens is 1. The van der Waals surface area contributed by atoms with Crippen LogP contribution in [0.25, 0.3) is 11.1 Å². The van der Waals surface area contributed by atoms with E-state index in [2.05, 4.69) is 5.32 Å². The molecule has 1 spiro atoms. The maximum absolute atomic E-state index is 13.9. The average molecular weight is 311 g/mol. The maximum atomic E-state index is 13.9. The summed E-state index contributed by atoms with van der Waals surface area (Å²) in [5.74, 6) is -0.463. The average Bonchev–Trinajstić information content (AvgIpc) is 2.82. The van der Waals surface area contributed by atoms with Crippen LogP contribution in [0.5, 0.6) is 0 Å². The van der Waals surface area contributed by atoms with E-state index in [1.165, 1.54) is 0 Å². The molecule has 3 nitrogen and oxygen atoms in total. The highest BCUT2D eigenvalue weighted by molar-refractivity contribution is 5.95. The van der Waals surface area contributed by atoms with Crippen molar-refractivity contribution in [2.75, 3.05) is 13.1 Å². The Labute approximate surface area is 134 Å². The molecular formula is C19H18FNO2. The van der Waals surface area contributed by atoms with Crippen molar-refractivity contribution >= 4 is 5.97 Å². The first-order chi connectivity index (χ1) is 11.1. The number of benzene rings is 2. The van der Waals surface area contributed by atoms with Gasteiger partial charge in [-0.1, -0.05) is 18.2 Å². The molecule has 2 aromatic carbocycles. The first-order valence-electron chi connectivity index (χ1n) is 7.94. The summed E-state index contributed by atoms with van der Waals surface area (Å²) >= 11 is 0. The summed E-state index contributed by atoms with van der Waals surface area (Å²) in [6.07, 6.45) is 1.55. The monoisotopic (exact) mass is 311 g/mol. The summed E-state index contributed by atoms with van der Waals surface area (Å²) in [5, 5.41) is 3.30. The summed E-state index contributed by atoms with van der Waals surface area (Å²) in [6.45, 7) is 3.41. The van der Waals surface area contributed by atoms with Crippen molar-refractivity contribution in [3.05, 3.63) is 58.9 Å². The van der Waals surface area contributed by atoms with Gasteiger partial charge < -0.3 is 10.1 Å². The van der Waals surface area contributed by atoms with Crippen LogP contribution in [0.15, 0.2) is 36.4 Å². The smallest absolute Gasteiger partial charge is 0.339 e. The quantitative estimate of drug-likeness (QED) is 0.819. The second kappa shape index (κ2) is 5.17. The van der Waals surface area contributed by atoms with E-state index >= 15 is 0 Å². The van der Waals surface area contributed by atoms with Crippen molar-refractivity contribution in [1.82, 2.24) is 5.32 Å². The van der Waals surface area contributed by atoms with Crippen LogP contribution in [0.1, 0.15) is 34.3 Å². The molecule has 1 saturated heterocycles. The number of hydrogen-bond acceptors (Lipinski definition) is 3. The summed E-state index contributed by atoms with van der Waals surface area (Å²) < 4.78 is 19.6. The zero-order valence-corrected chi connectivity index (χ0v) is 13.0. The number of hydrogen-bond donors (Lipinski definition) is 1. The van der Waals surface area contributed by atoms with E-state index in [0.29, 0.717) is 11.1 Å². The van der Waals surface area contributed by atoms with Crippen LogP contribution in [0.2, 0.25) is 0 Å². The summed E-state index contributed by atoms with van der Waals surface area (Å²) in [4.78, 5) is 12.2. The number of fused-ring (bicyclic) bond motifs is 2. The number of carbonyl (C=O) groups excluding carboxylic acids is 1. The molecule has 2 aromatic rings. The highest BCUT2D eigenvalue weighted by Crippen LogP contribution is 2.44. The predicted octanol–water partition coefficient (Wildman–Crippen LogP) is 3.55. The molecule has 0 atom stereocenters. The summed E-state index contributed by atoms with van der Waals surface area (Å²) in [7, 11) is 0. The Kier molecular flexibility index (Phi) is 3.23. The lowest BCUT2D eigenvalue weighted by Gasteiger charge is -2.33. The van der Waals surface area contributed by atoms with E-state index in [1.807, 2.05) is 24.3 Å². The summed E-state index contributed by atoms with van der Waals surface area (Å²) in [5.41, 5.74) is 3.43. The van der Waals surface area contributed by atoms with Gasteiger partial charge in [-0.05, 0) is 54.9 Å². The van der Waals surface area contributed by atoms with Gasteiger partial charge in [0.1, 0.15) is 11.4 Å². The highest BCUT2D eigenvalue weighted by atomic mass is 19.1. The summed E-state index contributed by atoms with van der Waals surface area (Å²) in [6, 6.07) is 10.9. The molecule has 23 heavy (non-hydrogen) atoms. The number of rotatable bonds is 1. The molecule has 0 radical (unpaired) electrons. The third kappa shape index (κ3) is 2.25. The molecule has 1 fully saturated rings. The zero-order chi connectivity index (χ0) is 16.0. The fourth-order valence-corrected chi connectivity index (χ4v) is 3.54. The lowest BCUT2D eigenvalue weighted by Crippen LogP contribution is -2.40. The third-order valence-electron chi connectivity index (χ3n) is 4.93. The van der Waals surface area contributed by atoms with Gasteiger partial charge in [0.25, 0.3) is 0 Å². The number of aryl methyl sites for hydroxylation is 1. The molecule has 0 saturated carbocycles. The van der Waals surface area contributed by atoms with Crippen molar-refractivity contribution in [3.8, 4) is 11.1 Å². The molecule has 2 aliphatic rings. The highest BCUT2D eigenvalue weighted by Gasteiger charge is 2.46. The Morgan fingerprint density at radius 1 is 1.09 bits per heavy atom. The van der Waals surface area contributed by atoms with E-state index < -0.39 is 5.60 Å². The van der Waals surface area contributed by atoms with Crippen LogP contribution < -0.4 is 5.32 Å². The number of esters is 1. The molecule has 118 valence electrons. The van der Waals surface area contributed by atoms with Crippen molar-refractivity contribution < 1.29 is 13.9 Å². The van der Waals surface area contributed by atoms with Crippen molar-refractivity contribution in [3.63, 3.8) is 0 Å². The Balaban J connectivity index is 1.82. The van der Waals surface area contributed by atoms with Gasteiger partial charge in [0.2, 0.25) is 0 Å². The van der Waals surface area contributed by atoms with Crippen LogP contribution in [0.3, 0.4) is 0 Å². The van der Waals surface area contributed by atoms with Crippen LogP contribution in [0, 0.1) is 12.7 Å². The molecule has 4 heteroatoms. The lowest BCUT2D eigenvalue weighted by molar-refractivity contribution is -0.0241. The van der Waals surface area contributed by atoms with E-state index in [9.17, 15) is 9.18 Å². The minimum Gasteiger partial charge on any atom is -0.450 e. The lowest BCUT2D eigenvalue weighted by atomic mass is 9.83. The van der Waals surface area contributed by atoms with E-state index in [4.69, 9.17) is 4.74 Å². The molecule has 2 aliphatic heterocycles. The molecule has 2 heterocycles. The fraction of sp³-hybridized carbons (Fsp3) is 0.316. The number of carbonyl (C=O) groups is 1. The Bertz CT molecular complexity index is 794. The van der Waals surface area contributed by atoms with Crippen molar-refractivity contribution in [1.29, 1.82) is 0 Å². The van der Waals surface area contributed by atoms with Crippen LogP contribution in [-0.4, -0.2) is 19.1 Å². The Morgan fingerprint density at radius 2 is 1.78 bits per heavy atom. The van der Waals surface area contributed by atoms with Gasteiger partial charge in [-0.15, -0.1) is 0 Å².